The number of ether oxygens (including phenoxy) is 2. The molecule has 0 radical (unpaired) electrons. The van der Waals surface area contributed by atoms with E-state index in [2.05, 4.69) is 15.6 Å². The van der Waals surface area contributed by atoms with Crippen LogP contribution < -0.4 is 20.1 Å². The summed E-state index contributed by atoms with van der Waals surface area (Å²) in [7, 11) is -1.38. The van der Waals surface area contributed by atoms with Crippen LogP contribution in [0, 0.1) is 0 Å². The smallest absolute Gasteiger partial charge is 0.214 e. The molecule has 1 saturated heterocycles. The molecule has 1 aromatic rings. The molecule has 1 aliphatic rings. The molecule has 0 aliphatic carbocycles. The van der Waals surface area contributed by atoms with E-state index < -0.39 is 10.0 Å². The molecular formula is C19H32N4O4S. The van der Waals surface area contributed by atoms with E-state index in [1.807, 2.05) is 39.0 Å². The molecule has 0 spiro atoms. The van der Waals surface area contributed by atoms with Gasteiger partial charge < -0.3 is 20.1 Å². The first kappa shape index (κ1) is 22.3. The lowest BCUT2D eigenvalue weighted by molar-refractivity contribution is 0.287. The van der Waals surface area contributed by atoms with E-state index in [9.17, 15) is 8.42 Å². The maximum Gasteiger partial charge on any atom is 0.214 e. The summed E-state index contributed by atoms with van der Waals surface area (Å²) in [5.41, 5.74) is 1.04. The second-order valence-corrected chi connectivity index (χ2v) is 8.59. The molecule has 9 heteroatoms. The van der Waals surface area contributed by atoms with E-state index in [0.29, 0.717) is 45.2 Å². The van der Waals surface area contributed by atoms with E-state index in [1.165, 1.54) is 4.31 Å². The minimum Gasteiger partial charge on any atom is -0.490 e. The summed E-state index contributed by atoms with van der Waals surface area (Å²) in [6.45, 7) is 8.59. The van der Waals surface area contributed by atoms with Gasteiger partial charge in [0.05, 0.1) is 25.0 Å². The monoisotopic (exact) mass is 412 g/mol. The van der Waals surface area contributed by atoms with Gasteiger partial charge >= 0.3 is 0 Å². The Labute approximate surface area is 168 Å². The van der Waals surface area contributed by atoms with Crippen LogP contribution in [0.1, 0.15) is 38.8 Å². The van der Waals surface area contributed by atoms with Crippen molar-refractivity contribution in [1.29, 1.82) is 0 Å². The zero-order chi connectivity index (χ0) is 20.6. The molecule has 1 unspecified atom stereocenters. The van der Waals surface area contributed by atoms with Crippen LogP contribution >= 0.6 is 0 Å². The van der Waals surface area contributed by atoms with Gasteiger partial charge in [-0.15, -0.1) is 0 Å². The van der Waals surface area contributed by atoms with Gasteiger partial charge in [-0.05, 0) is 44.9 Å². The molecule has 158 valence electrons. The Bertz CT molecular complexity index is 767. The van der Waals surface area contributed by atoms with Crippen LogP contribution in [0.3, 0.4) is 0 Å². The molecule has 2 N–H and O–H groups in total. The van der Waals surface area contributed by atoms with Crippen molar-refractivity contribution in [3.05, 3.63) is 23.8 Å². The van der Waals surface area contributed by atoms with Crippen LogP contribution in [0.4, 0.5) is 0 Å². The number of rotatable bonds is 9. The van der Waals surface area contributed by atoms with Gasteiger partial charge in [0.25, 0.3) is 0 Å². The molecule has 1 heterocycles. The third-order valence-corrected chi connectivity index (χ3v) is 6.46. The maximum atomic E-state index is 11.9. The van der Waals surface area contributed by atoms with E-state index in [0.717, 1.165) is 17.1 Å². The van der Waals surface area contributed by atoms with Crippen LogP contribution in [0.2, 0.25) is 0 Å². The Morgan fingerprint density at radius 1 is 1.25 bits per heavy atom. The Kier molecular flexibility index (Phi) is 8.37. The number of nitrogens with one attached hydrogen (secondary N) is 2. The van der Waals surface area contributed by atoms with Gasteiger partial charge in [-0.2, -0.15) is 0 Å². The van der Waals surface area contributed by atoms with Crippen molar-refractivity contribution in [3.63, 3.8) is 0 Å². The fraction of sp³-hybridized carbons (Fsp3) is 0.632. The molecule has 1 aromatic carbocycles. The first-order chi connectivity index (χ1) is 13.4. The van der Waals surface area contributed by atoms with Gasteiger partial charge in [-0.1, -0.05) is 6.07 Å². The van der Waals surface area contributed by atoms with Crippen molar-refractivity contribution >= 4 is 16.0 Å². The number of aliphatic imine (C=N–C) groups is 1. The van der Waals surface area contributed by atoms with Crippen LogP contribution in [-0.2, 0) is 10.0 Å². The van der Waals surface area contributed by atoms with Crippen LogP contribution in [-0.4, -0.2) is 64.3 Å². The zero-order valence-electron chi connectivity index (χ0n) is 17.2. The third-order valence-electron chi connectivity index (χ3n) is 4.50. The largest absolute Gasteiger partial charge is 0.490 e. The second-order valence-electron chi connectivity index (χ2n) is 6.51. The highest BCUT2D eigenvalue weighted by molar-refractivity contribution is 7.89. The Hall–Kier alpha value is -2.00. The van der Waals surface area contributed by atoms with Crippen molar-refractivity contribution in [1.82, 2.24) is 14.9 Å². The average molecular weight is 413 g/mol. The highest BCUT2D eigenvalue weighted by Gasteiger charge is 2.27. The molecular weight excluding hydrogens is 380 g/mol. The highest BCUT2D eigenvalue weighted by atomic mass is 32.2. The molecule has 28 heavy (non-hydrogen) atoms. The van der Waals surface area contributed by atoms with Gasteiger partial charge in [0, 0.05) is 26.7 Å². The molecule has 1 fully saturated rings. The predicted octanol–water partition coefficient (Wildman–Crippen LogP) is 1.75. The molecule has 0 amide bonds. The van der Waals surface area contributed by atoms with Crippen LogP contribution in [0.25, 0.3) is 0 Å². The predicted molar refractivity (Wildman–Crippen MR) is 112 cm³/mol. The first-order valence-electron chi connectivity index (χ1n) is 9.75. The zero-order valence-corrected chi connectivity index (χ0v) is 18.0. The number of benzene rings is 1. The molecule has 1 atom stereocenters. The van der Waals surface area contributed by atoms with Gasteiger partial charge in [-0.3, -0.25) is 4.99 Å². The SMILES string of the molecule is CCOc1ccc(C(C)NC(=NC)NCCN2CCCS2(=O)=O)cc1OCC. The normalized spacial score (nSPS) is 17.9. The van der Waals surface area contributed by atoms with Crippen molar-refractivity contribution in [3.8, 4) is 11.5 Å². The quantitative estimate of drug-likeness (QED) is 0.474. The summed E-state index contributed by atoms with van der Waals surface area (Å²) in [5, 5.41) is 6.51. The fourth-order valence-corrected chi connectivity index (χ4v) is 4.59. The maximum absolute atomic E-state index is 11.9. The molecule has 2 rings (SSSR count). The molecule has 8 nitrogen and oxygen atoms in total. The number of sulfonamides is 1. The van der Waals surface area contributed by atoms with Crippen molar-refractivity contribution in [2.75, 3.05) is 45.6 Å². The lowest BCUT2D eigenvalue weighted by atomic mass is 10.1. The number of nitrogens with zero attached hydrogens (tertiary/aromatic N) is 2. The number of hydrogen-bond acceptors (Lipinski definition) is 5. The second kappa shape index (κ2) is 10.5. The highest BCUT2D eigenvalue weighted by Crippen LogP contribution is 2.30. The minimum absolute atomic E-state index is 0.0170. The molecule has 0 aromatic heterocycles. The lowest BCUT2D eigenvalue weighted by Gasteiger charge is -2.21. The van der Waals surface area contributed by atoms with Gasteiger partial charge in [0.15, 0.2) is 17.5 Å². The minimum atomic E-state index is -3.07. The van der Waals surface area contributed by atoms with Gasteiger partial charge in [-0.25, -0.2) is 12.7 Å². The van der Waals surface area contributed by atoms with Crippen molar-refractivity contribution in [2.24, 2.45) is 4.99 Å². The van der Waals surface area contributed by atoms with E-state index in [1.54, 1.807) is 7.05 Å². The summed E-state index contributed by atoms with van der Waals surface area (Å²) in [4.78, 5) is 4.23. The molecule has 0 saturated carbocycles. The van der Waals surface area contributed by atoms with Gasteiger partial charge in [0.1, 0.15) is 0 Å². The summed E-state index contributed by atoms with van der Waals surface area (Å²) < 4.78 is 36.5. The Morgan fingerprint density at radius 2 is 1.96 bits per heavy atom. The molecule has 1 aliphatic heterocycles. The van der Waals surface area contributed by atoms with Crippen molar-refractivity contribution in [2.45, 2.75) is 33.2 Å². The Morgan fingerprint density at radius 3 is 2.57 bits per heavy atom. The topological polar surface area (TPSA) is 92.3 Å². The van der Waals surface area contributed by atoms with E-state index >= 15 is 0 Å². The fourth-order valence-electron chi connectivity index (χ4n) is 3.06. The van der Waals surface area contributed by atoms with E-state index in [4.69, 9.17) is 9.47 Å². The standard InChI is InChI=1S/C19H32N4O4S/c1-5-26-17-9-8-16(14-18(17)27-6-2)15(3)22-19(20-4)21-10-12-23-11-7-13-28(23,24)25/h8-9,14-15H,5-7,10-13H2,1-4H3,(H2,20,21,22). The molecule has 0 bridgehead atoms. The van der Waals surface area contributed by atoms with Crippen LogP contribution in [0.5, 0.6) is 11.5 Å². The average Bonchev–Trinajstić information content (AvgIpc) is 3.00. The summed E-state index contributed by atoms with van der Waals surface area (Å²) in [6, 6.07) is 5.86. The van der Waals surface area contributed by atoms with Crippen LogP contribution in [0.15, 0.2) is 23.2 Å². The van der Waals surface area contributed by atoms with Gasteiger partial charge in [0.2, 0.25) is 10.0 Å². The third kappa shape index (κ3) is 6.00. The van der Waals surface area contributed by atoms with Crippen molar-refractivity contribution < 1.29 is 17.9 Å². The van der Waals surface area contributed by atoms with E-state index in [-0.39, 0.29) is 11.8 Å². The summed E-state index contributed by atoms with van der Waals surface area (Å²) in [5.74, 6) is 2.32. The summed E-state index contributed by atoms with van der Waals surface area (Å²) in [6.07, 6.45) is 0.701. The summed E-state index contributed by atoms with van der Waals surface area (Å²) >= 11 is 0. The number of guanidine groups is 1. The first-order valence-corrected chi connectivity index (χ1v) is 11.4. The number of hydrogen-bond donors (Lipinski definition) is 2. The Balaban J connectivity index is 1.94. The lowest BCUT2D eigenvalue weighted by Crippen LogP contribution is -2.42.